The Morgan fingerprint density at radius 3 is 2.50 bits per heavy atom. The molecule has 0 fully saturated rings. The maximum atomic E-state index is 12.1. The highest BCUT2D eigenvalue weighted by molar-refractivity contribution is 6.05. The maximum Gasteiger partial charge on any atom is 0.253 e. The summed E-state index contributed by atoms with van der Waals surface area (Å²) in [5.74, 6) is 0.774. The van der Waals surface area contributed by atoms with Gasteiger partial charge in [-0.2, -0.15) is 0 Å². The maximum absolute atomic E-state index is 12.1. The van der Waals surface area contributed by atoms with Crippen LogP contribution in [0.1, 0.15) is 22.8 Å². The number of anilines is 1. The second-order valence-electron chi connectivity index (χ2n) is 6.88. The van der Waals surface area contributed by atoms with Gasteiger partial charge in [-0.05, 0) is 36.8 Å². The normalized spacial score (nSPS) is 11.1. The Morgan fingerprint density at radius 1 is 1.04 bits per heavy atom. The molecule has 4 aromatic rings. The van der Waals surface area contributed by atoms with Crippen molar-refractivity contribution in [3.8, 4) is 0 Å². The first kappa shape index (κ1) is 18.0. The van der Waals surface area contributed by atoms with Crippen molar-refractivity contribution in [3.63, 3.8) is 0 Å². The fourth-order valence-corrected chi connectivity index (χ4v) is 3.30. The quantitative estimate of drug-likeness (QED) is 0.526. The number of fused-ring (bicyclic) bond motifs is 3. The van der Waals surface area contributed by atoms with Gasteiger partial charge >= 0.3 is 0 Å². The summed E-state index contributed by atoms with van der Waals surface area (Å²) in [6.45, 7) is 3.51. The van der Waals surface area contributed by atoms with E-state index in [1.54, 1.807) is 25.3 Å². The fraction of sp³-hybridized carbons (Fsp3) is 0.227. The van der Waals surface area contributed by atoms with E-state index in [1.165, 1.54) is 0 Å². The molecule has 0 aliphatic heterocycles. The van der Waals surface area contributed by atoms with Crippen molar-refractivity contribution < 1.29 is 9.21 Å². The fourth-order valence-electron chi connectivity index (χ4n) is 3.30. The van der Waals surface area contributed by atoms with Gasteiger partial charge in [0.05, 0.1) is 0 Å². The zero-order chi connectivity index (χ0) is 19.7. The summed E-state index contributed by atoms with van der Waals surface area (Å²) >= 11 is 0. The Labute approximate surface area is 163 Å². The molecule has 0 saturated carbocycles. The molecule has 2 aromatic heterocycles. The molecule has 0 aliphatic carbocycles. The summed E-state index contributed by atoms with van der Waals surface area (Å²) < 4.78 is 6.06. The number of rotatable bonds is 5. The number of benzene rings is 2. The van der Waals surface area contributed by atoms with Gasteiger partial charge < -0.3 is 14.2 Å². The van der Waals surface area contributed by atoms with E-state index >= 15 is 0 Å². The highest BCUT2D eigenvalue weighted by atomic mass is 16.3. The molecule has 6 nitrogen and oxygen atoms in total. The number of furan rings is 1. The van der Waals surface area contributed by atoms with E-state index in [9.17, 15) is 4.79 Å². The molecule has 0 unspecified atom stereocenters. The average Bonchev–Trinajstić information content (AvgIpc) is 3.11. The SMILES string of the molecule is CCN(Cc1ccc(C(=O)N(C)C)cc1)c1ncnc2c1oc1ccccc12. The molecule has 0 saturated heterocycles. The van der Waals surface area contributed by atoms with Crippen LogP contribution in [0.15, 0.2) is 59.3 Å². The highest BCUT2D eigenvalue weighted by Crippen LogP contribution is 2.32. The third-order valence-corrected chi connectivity index (χ3v) is 4.80. The number of nitrogens with zero attached hydrogens (tertiary/aromatic N) is 4. The number of amides is 1. The minimum Gasteiger partial charge on any atom is -0.450 e. The zero-order valence-corrected chi connectivity index (χ0v) is 16.2. The van der Waals surface area contributed by atoms with E-state index in [1.807, 2.05) is 48.5 Å². The lowest BCUT2D eigenvalue weighted by molar-refractivity contribution is 0.0827. The van der Waals surface area contributed by atoms with E-state index in [-0.39, 0.29) is 5.91 Å². The van der Waals surface area contributed by atoms with Crippen LogP contribution in [-0.4, -0.2) is 41.4 Å². The Bertz CT molecular complexity index is 1130. The molecule has 2 aromatic carbocycles. The summed E-state index contributed by atoms with van der Waals surface area (Å²) in [7, 11) is 3.51. The van der Waals surface area contributed by atoms with E-state index in [0.29, 0.717) is 17.7 Å². The number of aromatic nitrogens is 2. The van der Waals surface area contributed by atoms with Crippen LogP contribution in [0.4, 0.5) is 5.82 Å². The van der Waals surface area contributed by atoms with Gasteiger partial charge in [0.25, 0.3) is 5.91 Å². The van der Waals surface area contributed by atoms with Crippen molar-refractivity contribution in [1.29, 1.82) is 0 Å². The second kappa shape index (κ2) is 7.31. The number of carbonyl (C=O) groups excluding carboxylic acids is 1. The van der Waals surface area contributed by atoms with Gasteiger partial charge in [0.2, 0.25) is 0 Å². The first-order chi connectivity index (χ1) is 13.6. The molecule has 142 valence electrons. The van der Waals surface area contributed by atoms with Gasteiger partial charge in [-0.3, -0.25) is 4.79 Å². The predicted octanol–water partition coefficient (Wildman–Crippen LogP) is 4.10. The Hall–Kier alpha value is -3.41. The molecule has 4 rings (SSSR count). The van der Waals surface area contributed by atoms with Crippen molar-refractivity contribution in [3.05, 3.63) is 66.0 Å². The van der Waals surface area contributed by atoms with Gasteiger partial charge in [0, 0.05) is 38.1 Å². The molecule has 0 bridgehead atoms. The third-order valence-electron chi connectivity index (χ3n) is 4.80. The molecule has 2 heterocycles. The summed E-state index contributed by atoms with van der Waals surface area (Å²) in [4.78, 5) is 24.7. The average molecular weight is 374 g/mol. The van der Waals surface area contributed by atoms with Crippen LogP contribution in [0.2, 0.25) is 0 Å². The lowest BCUT2D eigenvalue weighted by atomic mass is 10.1. The molecule has 28 heavy (non-hydrogen) atoms. The summed E-state index contributed by atoms with van der Waals surface area (Å²) in [6.07, 6.45) is 1.58. The lowest BCUT2D eigenvalue weighted by Gasteiger charge is -2.22. The first-order valence-electron chi connectivity index (χ1n) is 9.26. The van der Waals surface area contributed by atoms with Crippen molar-refractivity contribution in [1.82, 2.24) is 14.9 Å². The van der Waals surface area contributed by atoms with E-state index in [2.05, 4.69) is 21.8 Å². The van der Waals surface area contributed by atoms with Gasteiger partial charge in [0.15, 0.2) is 11.4 Å². The molecule has 0 N–H and O–H groups in total. The molecule has 1 amide bonds. The molecule has 6 heteroatoms. The van der Waals surface area contributed by atoms with Crippen molar-refractivity contribution in [2.75, 3.05) is 25.5 Å². The smallest absolute Gasteiger partial charge is 0.253 e. The molecule has 0 aliphatic rings. The van der Waals surface area contributed by atoms with Gasteiger partial charge in [-0.1, -0.05) is 24.3 Å². The molecule has 0 atom stereocenters. The molecule has 0 spiro atoms. The van der Waals surface area contributed by atoms with Gasteiger partial charge in [-0.15, -0.1) is 0 Å². The van der Waals surface area contributed by atoms with Gasteiger partial charge in [0.1, 0.15) is 17.4 Å². The van der Waals surface area contributed by atoms with Crippen LogP contribution in [0.5, 0.6) is 0 Å². The summed E-state index contributed by atoms with van der Waals surface area (Å²) in [5.41, 5.74) is 4.11. The molecular formula is C22H22N4O2. The predicted molar refractivity (Wildman–Crippen MR) is 110 cm³/mol. The first-order valence-corrected chi connectivity index (χ1v) is 9.26. The zero-order valence-electron chi connectivity index (χ0n) is 16.2. The topological polar surface area (TPSA) is 62.5 Å². The van der Waals surface area contributed by atoms with Crippen LogP contribution in [0.25, 0.3) is 22.1 Å². The van der Waals surface area contributed by atoms with Gasteiger partial charge in [-0.25, -0.2) is 9.97 Å². The molecule has 0 radical (unpaired) electrons. The van der Waals surface area contributed by atoms with Crippen LogP contribution >= 0.6 is 0 Å². The Kier molecular flexibility index (Phi) is 4.69. The summed E-state index contributed by atoms with van der Waals surface area (Å²) in [6, 6.07) is 15.6. The van der Waals surface area contributed by atoms with Crippen LogP contribution in [-0.2, 0) is 6.54 Å². The number of para-hydroxylation sites is 1. The molecular weight excluding hydrogens is 352 g/mol. The standard InChI is InChI=1S/C22H22N4O2/c1-4-26(13-15-9-11-16(12-10-15)22(27)25(2)3)21-20-19(23-14-24-21)17-7-5-6-8-18(17)28-20/h5-12,14H,4,13H2,1-3H3. The van der Waals surface area contributed by atoms with Crippen molar-refractivity contribution in [2.45, 2.75) is 13.5 Å². The van der Waals surface area contributed by atoms with Crippen LogP contribution in [0, 0.1) is 0 Å². The Balaban J connectivity index is 1.67. The summed E-state index contributed by atoms with van der Waals surface area (Å²) in [5, 5.41) is 0.990. The lowest BCUT2D eigenvalue weighted by Crippen LogP contribution is -2.24. The number of hydrogen-bond acceptors (Lipinski definition) is 5. The van der Waals surface area contributed by atoms with E-state index < -0.39 is 0 Å². The van der Waals surface area contributed by atoms with Crippen LogP contribution in [0.3, 0.4) is 0 Å². The van der Waals surface area contributed by atoms with E-state index in [0.717, 1.165) is 34.4 Å². The Morgan fingerprint density at radius 2 is 1.79 bits per heavy atom. The van der Waals surface area contributed by atoms with Crippen molar-refractivity contribution in [2.24, 2.45) is 0 Å². The minimum absolute atomic E-state index is 0.00122. The monoisotopic (exact) mass is 374 g/mol. The minimum atomic E-state index is -0.00122. The van der Waals surface area contributed by atoms with Crippen molar-refractivity contribution >= 4 is 33.8 Å². The van der Waals surface area contributed by atoms with Crippen LogP contribution < -0.4 is 4.90 Å². The highest BCUT2D eigenvalue weighted by Gasteiger charge is 2.17. The third kappa shape index (κ3) is 3.17. The largest absolute Gasteiger partial charge is 0.450 e. The van der Waals surface area contributed by atoms with E-state index in [4.69, 9.17) is 4.42 Å². The number of hydrogen-bond donors (Lipinski definition) is 0. The second-order valence-corrected chi connectivity index (χ2v) is 6.88. The number of carbonyl (C=O) groups is 1.